The smallest absolute Gasteiger partial charge is 0.421 e. The Kier molecular flexibility index (Phi) is 4.22. The normalized spacial score (nSPS) is 11.3. The van der Waals surface area contributed by atoms with Crippen LogP contribution in [0.4, 0.5) is 24.7 Å². The summed E-state index contributed by atoms with van der Waals surface area (Å²) in [4.78, 5) is 8.58. The van der Waals surface area contributed by atoms with Crippen LogP contribution >= 0.6 is 11.6 Å². The summed E-state index contributed by atoms with van der Waals surface area (Å²) in [5.41, 5.74) is -0.487. The van der Waals surface area contributed by atoms with Gasteiger partial charge in [-0.05, 0) is 18.2 Å². The first-order valence-corrected chi connectivity index (χ1v) is 6.18. The molecule has 0 aliphatic carbocycles. The molecule has 0 N–H and O–H groups in total. The minimum Gasteiger partial charge on any atom is -0.467 e. The van der Waals surface area contributed by atoms with Crippen LogP contribution in [-0.4, -0.2) is 24.1 Å². The van der Waals surface area contributed by atoms with E-state index in [0.29, 0.717) is 16.9 Å². The van der Waals surface area contributed by atoms with Gasteiger partial charge in [0.05, 0.1) is 7.11 Å². The molecule has 0 fully saturated rings. The monoisotopic (exact) mass is 317 g/mol. The van der Waals surface area contributed by atoms with Crippen molar-refractivity contribution in [3.8, 4) is 6.01 Å². The fourth-order valence-corrected chi connectivity index (χ4v) is 1.90. The number of rotatable bonds is 3. The third-order valence-corrected chi connectivity index (χ3v) is 2.98. The van der Waals surface area contributed by atoms with Crippen molar-refractivity contribution in [3.05, 3.63) is 41.0 Å². The summed E-state index contributed by atoms with van der Waals surface area (Å²) in [6.07, 6.45) is -3.88. The number of anilines is 2. The number of ether oxygens (including phenoxy) is 1. The number of nitrogens with zero attached hydrogens (tertiary/aromatic N) is 3. The maximum atomic E-state index is 13.1. The van der Waals surface area contributed by atoms with E-state index in [4.69, 9.17) is 16.3 Å². The van der Waals surface area contributed by atoms with Gasteiger partial charge < -0.3 is 9.64 Å². The van der Waals surface area contributed by atoms with Gasteiger partial charge in [0.2, 0.25) is 0 Å². The zero-order chi connectivity index (χ0) is 15.6. The first-order chi connectivity index (χ1) is 9.82. The second kappa shape index (κ2) is 5.77. The van der Waals surface area contributed by atoms with Crippen LogP contribution in [0.5, 0.6) is 6.01 Å². The van der Waals surface area contributed by atoms with Gasteiger partial charge in [-0.3, -0.25) is 0 Å². The summed E-state index contributed by atoms with van der Waals surface area (Å²) in [5, 5.41) is 0.411. The van der Waals surface area contributed by atoms with Gasteiger partial charge in [-0.25, -0.2) is 4.98 Å². The molecule has 0 spiro atoms. The number of hydrogen-bond acceptors (Lipinski definition) is 4. The Balaban J connectivity index is 2.55. The number of hydrogen-bond donors (Lipinski definition) is 0. The third-order valence-electron chi connectivity index (χ3n) is 2.75. The lowest BCUT2D eigenvalue weighted by atomic mass is 10.2. The van der Waals surface area contributed by atoms with Crippen LogP contribution in [0, 0.1) is 0 Å². The maximum absolute atomic E-state index is 13.1. The van der Waals surface area contributed by atoms with Crippen LogP contribution < -0.4 is 9.64 Å². The number of alkyl halides is 3. The van der Waals surface area contributed by atoms with E-state index in [9.17, 15) is 13.2 Å². The average molecular weight is 318 g/mol. The first-order valence-electron chi connectivity index (χ1n) is 5.80. The van der Waals surface area contributed by atoms with Crippen molar-refractivity contribution in [2.45, 2.75) is 6.18 Å². The molecule has 0 saturated carbocycles. The van der Waals surface area contributed by atoms with Gasteiger partial charge in [-0.1, -0.05) is 17.7 Å². The highest BCUT2D eigenvalue weighted by atomic mass is 35.5. The van der Waals surface area contributed by atoms with E-state index >= 15 is 0 Å². The van der Waals surface area contributed by atoms with Crippen LogP contribution in [0.3, 0.4) is 0 Å². The van der Waals surface area contributed by atoms with Gasteiger partial charge in [0, 0.05) is 24.0 Å². The molecule has 21 heavy (non-hydrogen) atoms. The number of halogens is 4. The lowest BCUT2D eigenvalue weighted by Gasteiger charge is -2.22. The van der Waals surface area contributed by atoms with E-state index < -0.39 is 11.7 Å². The van der Waals surface area contributed by atoms with E-state index in [2.05, 4.69) is 9.97 Å². The Labute approximate surface area is 124 Å². The number of aromatic nitrogens is 2. The minimum atomic E-state index is -4.57. The molecule has 2 rings (SSSR count). The van der Waals surface area contributed by atoms with E-state index in [0.717, 1.165) is 0 Å². The lowest BCUT2D eigenvalue weighted by molar-refractivity contribution is -0.137. The van der Waals surface area contributed by atoms with E-state index in [1.54, 1.807) is 18.2 Å². The Morgan fingerprint density at radius 3 is 2.57 bits per heavy atom. The Morgan fingerprint density at radius 1 is 1.29 bits per heavy atom. The number of benzene rings is 1. The molecule has 0 aliphatic rings. The quantitative estimate of drug-likeness (QED) is 0.860. The fraction of sp³-hybridized carbons (Fsp3) is 0.231. The SMILES string of the molecule is COc1ncc(C(F)(F)F)c(N(C)c2cccc(Cl)c2)n1. The molecule has 0 bridgehead atoms. The van der Waals surface area contributed by atoms with Crippen molar-refractivity contribution in [3.63, 3.8) is 0 Å². The zero-order valence-corrected chi connectivity index (χ0v) is 11.9. The third kappa shape index (κ3) is 3.36. The zero-order valence-electron chi connectivity index (χ0n) is 11.1. The number of methoxy groups -OCH3 is 1. The highest BCUT2D eigenvalue weighted by Gasteiger charge is 2.36. The second-order valence-corrected chi connectivity index (χ2v) is 4.57. The van der Waals surface area contributed by atoms with Gasteiger partial charge in [-0.15, -0.1) is 0 Å². The standard InChI is InChI=1S/C13H11ClF3N3O/c1-20(9-5-3-4-8(14)6-9)11-10(13(15,16)17)7-18-12(19-11)21-2/h3-7H,1-2H3. The molecule has 112 valence electrons. The summed E-state index contributed by atoms with van der Waals surface area (Å²) in [6.45, 7) is 0. The van der Waals surface area contributed by atoms with Crippen molar-refractivity contribution in [2.75, 3.05) is 19.1 Å². The summed E-state index contributed by atoms with van der Waals surface area (Å²) >= 11 is 5.86. The van der Waals surface area contributed by atoms with Crippen LogP contribution in [-0.2, 0) is 6.18 Å². The van der Waals surface area contributed by atoms with E-state index in [-0.39, 0.29) is 11.8 Å². The van der Waals surface area contributed by atoms with Crippen LogP contribution in [0.25, 0.3) is 0 Å². The molecule has 1 aromatic heterocycles. The average Bonchev–Trinajstić information content (AvgIpc) is 2.44. The molecule has 2 aromatic rings. The minimum absolute atomic E-state index is 0.146. The van der Waals surface area contributed by atoms with Gasteiger partial charge in [-0.2, -0.15) is 18.2 Å². The Hall–Kier alpha value is -2.02. The second-order valence-electron chi connectivity index (χ2n) is 4.13. The highest BCUT2D eigenvalue weighted by Crippen LogP contribution is 2.37. The van der Waals surface area contributed by atoms with Gasteiger partial charge in [0.1, 0.15) is 5.56 Å². The molecule has 0 amide bonds. The molecule has 1 aromatic carbocycles. The first kappa shape index (κ1) is 15.4. The predicted molar refractivity (Wildman–Crippen MR) is 73.1 cm³/mol. The Bertz CT molecular complexity index is 649. The highest BCUT2D eigenvalue weighted by molar-refractivity contribution is 6.30. The van der Waals surface area contributed by atoms with Gasteiger partial charge >= 0.3 is 12.2 Å². The van der Waals surface area contributed by atoms with Crippen molar-refractivity contribution >= 4 is 23.1 Å². The molecule has 0 radical (unpaired) electrons. The summed E-state index contributed by atoms with van der Waals surface area (Å²) in [5.74, 6) is -0.309. The fourth-order valence-electron chi connectivity index (χ4n) is 1.72. The lowest BCUT2D eigenvalue weighted by Crippen LogP contribution is -2.19. The Morgan fingerprint density at radius 2 is 2.00 bits per heavy atom. The molecule has 8 heteroatoms. The summed E-state index contributed by atoms with van der Waals surface area (Å²) in [7, 11) is 2.74. The van der Waals surface area contributed by atoms with Crippen molar-refractivity contribution < 1.29 is 17.9 Å². The molecule has 0 unspecified atom stereocenters. The summed E-state index contributed by atoms with van der Waals surface area (Å²) in [6, 6.07) is 6.29. The molecular weight excluding hydrogens is 307 g/mol. The van der Waals surface area contributed by atoms with E-state index in [1.165, 1.54) is 25.1 Å². The molecule has 0 saturated heterocycles. The van der Waals surface area contributed by atoms with Crippen LogP contribution in [0.2, 0.25) is 5.02 Å². The molecule has 0 aliphatic heterocycles. The summed E-state index contributed by atoms with van der Waals surface area (Å²) < 4.78 is 44.0. The van der Waals surface area contributed by atoms with E-state index in [1.807, 2.05) is 0 Å². The largest absolute Gasteiger partial charge is 0.467 e. The molecule has 0 atom stereocenters. The van der Waals surface area contributed by atoms with Crippen molar-refractivity contribution in [2.24, 2.45) is 0 Å². The van der Waals surface area contributed by atoms with Crippen LogP contribution in [0.1, 0.15) is 5.56 Å². The molecule has 1 heterocycles. The predicted octanol–water partition coefficient (Wildman–Crippen LogP) is 3.93. The van der Waals surface area contributed by atoms with Gasteiger partial charge in [0.15, 0.2) is 5.82 Å². The molecule has 4 nitrogen and oxygen atoms in total. The molecular formula is C13H11ClF3N3O. The van der Waals surface area contributed by atoms with Gasteiger partial charge in [0.25, 0.3) is 0 Å². The van der Waals surface area contributed by atoms with Crippen LogP contribution in [0.15, 0.2) is 30.5 Å². The van der Waals surface area contributed by atoms with Crippen molar-refractivity contribution in [1.82, 2.24) is 9.97 Å². The topological polar surface area (TPSA) is 38.2 Å². The maximum Gasteiger partial charge on any atom is 0.421 e. The van der Waals surface area contributed by atoms with Crippen molar-refractivity contribution in [1.29, 1.82) is 0 Å².